The Labute approximate surface area is 151 Å². The van der Waals surface area contributed by atoms with E-state index in [-0.39, 0.29) is 17.7 Å². The topological polar surface area (TPSA) is 77.2 Å². The number of aryl methyl sites for hydroxylation is 2. The Bertz CT molecular complexity index is 947. The molecule has 1 atom stereocenters. The Kier molecular flexibility index (Phi) is 4.16. The third-order valence-corrected chi connectivity index (χ3v) is 4.37. The van der Waals surface area contributed by atoms with Crippen molar-refractivity contribution in [2.24, 2.45) is 0 Å². The maximum Gasteiger partial charge on any atom is 0.273 e. The fraction of sp³-hybridized carbons (Fsp3) is 0.250. The lowest BCUT2D eigenvalue weighted by atomic mass is 10.0. The van der Waals surface area contributed by atoms with Crippen LogP contribution in [0.15, 0.2) is 47.1 Å². The van der Waals surface area contributed by atoms with E-state index >= 15 is 0 Å². The number of benzene rings is 1. The van der Waals surface area contributed by atoms with E-state index in [0.29, 0.717) is 12.3 Å². The van der Waals surface area contributed by atoms with Crippen molar-refractivity contribution in [2.75, 3.05) is 6.54 Å². The number of carbonyl (C=O) groups excluding carboxylic acids is 1. The standard InChI is InChI=1S/C20H19N3O3/c1-12-6-7-17(21-10-12)16-5-3-4-14-9-15(25-19(14)16)11-22-20(24)18-8-13(2)26-23-18/h3-8,10,15H,9,11H2,1-2H3,(H,22,24)/t15-/m1/s1. The molecule has 1 N–H and O–H groups in total. The maximum atomic E-state index is 12.1. The fourth-order valence-corrected chi connectivity index (χ4v) is 3.05. The largest absolute Gasteiger partial charge is 0.487 e. The number of hydrogen-bond acceptors (Lipinski definition) is 5. The molecule has 0 saturated heterocycles. The zero-order valence-corrected chi connectivity index (χ0v) is 14.7. The number of nitrogens with one attached hydrogen (secondary N) is 1. The first kappa shape index (κ1) is 16.3. The van der Waals surface area contributed by atoms with E-state index in [1.807, 2.05) is 37.4 Å². The van der Waals surface area contributed by atoms with Crippen LogP contribution in [0.25, 0.3) is 11.3 Å². The molecule has 0 bridgehead atoms. The van der Waals surface area contributed by atoms with Crippen LogP contribution in [0, 0.1) is 13.8 Å². The zero-order valence-electron chi connectivity index (χ0n) is 14.7. The van der Waals surface area contributed by atoms with E-state index in [1.54, 1.807) is 13.0 Å². The van der Waals surface area contributed by atoms with Crippen LogP contribution in [-0.4, -0.2) is 28.7 Å². The molecule has 4 rings (SSSR count). The van der Waals surface area contributed by atoms with Gasteiger partial charge in [0.2, 0.25) is 0 Å². The highest BCUT2D eigenvalue weighted by atomic mass is 16.5. The van der Waals surface area contributed by atoms with Gasteiger partial charge >= 0.3 is 0 Å². The molecule has 0 saturated carbocycles. The molecule has 0 unspecified atom stereocenters. The summed E-state index contributed by atoms with van der Waals surface area (Å²) in [5.74, 6) is 1.19. The second-order valence-electron chi connectivity index (χ2n) is 6.49. The molecule has 1 aliphatic rings. The third-order valence-electron chi connectivity index (χ3n) is 4.37. The Morgan fingerprint density at radius 2 is 2.15 bits per heavy atom. The predicted molar refractivity (Wildman–Crippen MR) is 96.1 cm³/mol. The summed E-state index contributed by atoms with van der Waals surface area (Å²) < 4.78 is 11.0. The normalized spacial score (nSPS) is 15.4. The summed E-state index contributed by atoms with van der Waals surface area (Å²) in [6.07, 6.45) is 2.47. The van der Waals surface area contributed by atoms with Crippen molar-refractivity contribution in [1.82, 2.24) is 15.5 Å². The van der Waals surface area contributed by atoms with Gasteiger partial charge in [0.25, 0.3) is 5.91 Å². The van der Waals surface area contributed by atoms with E-state index in [1.165, 1.54) is 0 Å². The number of hydrogen-bond donors (Lipinski definition) is 1. The van der Waals surface area contributed by atoms with Crippen molar-refractivity contribution in [3.8, 4) is 17.0 Å². The van der Waals surface area contributed by atoms with Crippen LogP contribution in [0.1, 0.15) is 27.4 Å². The van der Waals surface area contributed by atoms with Gasteiger partial charge in [-0.2, -0.15) is 0 Å². The molecule has 2 aromatic heterocycles. The van der Waals surface area contributed by atoms with Crippen LogP contribution in [0.2, 0.25) is 0 Å². The van der Waals surface area contributed by atoms with Gasteiger partial charge in [-0.05, 0) is 37.1 Å². The number of para-hydroxylation sites is 1. The SMILES string of the molecule is Cc1ccc(-c2cccc3c2O[C@@H](CNC(=O)c2cc(C)on2)C3)nc1. The lowest BCUT2D eigenvalue weighted by Gasteiger charge is -2.13. The molecular formula is C20H19N3O3. The molecule has 3 aromatic rings. The monoisotopic (exact) mass is 349 g/mol. The number of pyridine rings is 1. The van der Waals surface area contributed by atoms with E-state index < -0.39 is 0 Å². The van der Waals surface area contributed by atoms with Crippen molar-refractivity contribution in [3.63, 3.8) is 0 Å². The molecule has 0 spiro atoms. The quantitative estimate of drug-likeness (QED) is 0.783. The number of nitrogens with zero attached hydrogens (tertiary/aromatic N) is 2. The summed E-state index contributed by atoms with van der Waals surface area (Å²) in [5, 5.41) is 6.58. The molecule has 6 heteroatoms. The molecular weight excluding hydrogens is 330 g/mol. The van der Waals surface area contributed by atoms with Gasteiger partial charge in [0.15, 0.2) is 5.69 Å². The molecule has 1 amide bonds. The summed E-state index contributed by atoms with van der Waals surface area (Å²) >= 11 is 0. The molecule has 26 heavy (non-hydrogen) atoms. The van der Waals surface area contributed by atoms with Gasteiger partial charge in [0, 0.05) is 24.2 Å². The number of rotatable bonds is 4. The van der Waals surface area contributed by atoms with E-state index in [2.05, 4.69) is 21.5 Å². The maximum absolute atomic E-state index is 12.1. The van der Waals surface area contributed by atoms with Crippen molar-refractivity contribution in [2.45, 2.75) is 26.4 Å². The number of ether oxygens (including phenoxy) is 1. The highest BCUT2D eigenvalue weighted by Gasteiger charge is 2.26. The summed E-state index contributed by atoms with van der Waals surface area (Å²) in [5.41, 5.74) is 4.38. The lowest BCUT2D eigenvalue weighted by Crippen LogP contribution is -2.34. The molecule has 132 valence electrons. The first-order valence-corrected chi connectivity index (χ1v) is 8.53. The number of aromatic nitrogens is 2. The Balaban J connectivity index is 1.46. The molecule has 1 aromatic carbocycles. The Morgan fingerprint density at radius 1 is 1.27 bits per heavy atom. The fourth-order valence-electron chi connectivity index (χ4n) is 3.05. The zero-order chi connectivity index (χ0) is 18.1. The third kappa shape index (κ3) is 3.18. The van der Waals surface area contributed by atoms with Crippen LogP contribution >= 0.6 is 0 Å². The molecule has 0 fully saturated rings. The smallest absolute Gasteiger partial charge is 0.273 e. The van der Waals surface area contributed by atoms with Crippen molar-refractivity contribution >= 4 is 5.91 Å². The predicted octanol–water partition coefficient (Wildman–Crippen LogP) is 3.09. The van der Waals surface area contributed by atoms with Crippen molar-refractivity contribution in [3.05, 3.63) is 65.2 Å². The van der Waals surface area contributed by atoms with Crippen molar-refractivity contribution < 1.29 is 14.1 Å². The molecule has 6 nitrogen and oxygen atoms in total. The minimum Gasteiger partial charge on any atom is -0.487 e. The highest BCUT2D eigenvalue weighted by molar-refractivity contribution is 5.92. The lowest BCUT2D eigenvalue weighted by molar-refractivity contribution is 0.0924. The second kappa shape index (κ2) is 6.63. The highest BCUT2D eigenvalue weighted by Crippen LogP contribution is 2.37. The minimum atomic E-state index is -0.262. The summed E-state index contributed by atoms with van der Waals surface area (Å²) in [4.78, 5) is 16.6. The van der Waals surface area contributed by atoms with Gasteiger partial charge in [-0.3, -0.25) is 9.78 Å². The van der Waals surface area contributed by atoms with Gasteiger partial charge in [-0.15, -0.1) is 0 Å². The van der Waals surface area contributed by atoms with E-state index in [4.69, 9.17) is 9.26 Å². The average molecular weight is 349 g/mol. The molecule has 0 aliphatic carbocycles. The average Bonchev–Trinajstić information content (AvgIpc) is 3.26. The van der Waals surface area contributed by atoms with Crippen LogP contribution in [0.5, 0.6) is 5.75 Å². The van der Waals surface area contributed by atoms with Crippen LogP contribution in [0.4, 0.5) is 0 Å². The summed E-state index contributed by atoms with van der Waals surface area (Å²) in [6.45, 7) is 4.17. The van der Waals surface area contributed by atoms with Crippen LogP contribution in [-0.2, 0) is 6.42 Å². The second-order valence-corrected chi connectivity index (χ2v) is 6.49. The Hall–Kier alpha value is -3.15. The first-order chi connectivity index (χ1) is 12.6. The molecule has 0 radical (unpaired) electrons. The summed E-state index contributed by atoms with van der Waals surface area (Å²) in [7, 11) is 0. The number of carbonyl (C=O) groups is 1. The summed E-state index contributed by atoms with van der Waals surface area (Å²) in [6, 6.07) is 11.7. The van der Waals surface area contributed by atoms with Gasteiger partial charge < -0.3 is 14.6 Å². The van der Waals surface area contributed by atoms with Crippen molar-refractivity contribution in [1.29, 1.82) is 0 Å². The van der Waals surface area contributed by atoms with Gasteiger partial charge in [-0.1, -0.05) is 23.4 Å². The number of amides is 1. The molecule has 3 heterocycles. The van der Waals surface area contributed by atoms with E-state index in [9.17, 15) is 4.79 Å². The van der Waals surface area contributed by atoms with Crippen LogP contribution in [0.3, 0.4) is 0 Å². The first-order valence-electron chi connectivity index (χ1n) is 8.53. The van der Waals surface area contributed by atoms with Gasteiger partial charge in [0.05, 0.1) is 12.2 Å². The van der Waals surface area contributed by atoms with Crippen LogP contribution < -0.4 is 10.1 Å². The molecule has 1 aliphatic heterocycles. The van der Waals surface area contributed by atoms with E-state index in [0.717, 1.165) is 34.6 Å². The number of fused-ring (bicyclic) bond motifs is 1. The van der Waals surface area contributed by atoms with Gasteiger partial charge in [-0.25, -0.2) is 0 Å². The minimum absolute atomic E-state index is 0.117. The van der Waals surface area contributed by atoms with Gasteiger partial charge in [0.1, 0.15) is 17.6 Å². The Morgan fingerprint density at radius 3 is 2.88 bits per heavy atom.